The second kappa shape index (κ2) is 7.64. The van der Waals surface area contributed by atoms with Crippen LogP contribution in [0.5, 0.6) is 0 Å². The van der Waals surface area contributed by atoms with Crippen LogP contribution in [0.3, 0.4) is 0 Å². The average molecular weight is 397 g/mol. The number of anilines is 2. The molecule has 1 N–H and O–H groups in total. The number of hydrogen-bond acceptors (Lipinski definition) is 4. The maximum atomic E-state index is 12.6. The van der Waals surface area contributed by atoms with Crippen LogP contribution >= 0.6 is 11.6 Å². The van der Waals surface area contributed by atoms with Crippen LogP contribution in [0.25, 0.3) is 10.9 Å². The predicted octanol–water partition coefficient (Wildman–Crippen LogP) is 3.60. The molecule has 2 heterocycles. The van der Waals surface area contributed by atoms with Crippen LogP contribution in [-0.4, -0.2) is 28.5 Å². The number of halogens is 1. The van der Waals surface area contributed by atoms with Crippen molar-refractivity contribution in [3.05, 3.63) is 63.7 Å². The van der Waals surface area contributed by atoms with E-state index in [1.165, 1.54) is 29.4 Å². The summed E-state index contributed by atoms with van der Waals surface area (Å²) >= 11 is 5.94. The Morgan fingerprint density at radius 1 is 1.18 bits per heavy atom. The molecule has 1 fully saturated rings. The van der Waals surface area contributed by atoms with Gasteiger partial charge in [-0.3, -0.25) is 14.2 Å². The molecule has 4 rings (SSSR count). The van der Waals surface area contributed by atoms with Crippen LogP contribution in [0.2, 0.25) is 5.02 Å². The van der Waals surface area contributed by atoms with Crippen LogP contribution < -0.4 is 15.8 Å². The maximum Gasteiger partial charge on any atom is 0.261 e. The molecule has 28 heavy (non-hydrogen) atoms. The van der Waals surface area contributed by atoms with E-state index in [1.54, 1.807) is 18.2 Å². The van der Waals surface area contributed by atoms with Crippen molar-refractivity contribution < 1.29 is 4.79 Å². The number of carbonyl (C=O) groups excluding carboxylic acids is 1. The number of carbonyl (C=O) groups is 1. The molecule has 0 spiro atoms. The number of benzene rings is 2. The Morgan fingerprint density at radius 3 is 2.71 bits per heavy atom. The van der Waals surface area contributed by atoms with Crippen molar-refractivity contribution in [3.8, 4) is 0 Å². The fourth-order valence-electron chi connectivity index (χ4n) is 3.55. The monoisotopic (exact) mass is 396 g/mol. The number of aryl methyl sites for hydroxylation is 1. The highest BCUT2D eigenvalue weighted by atomic mass is 35.5. The fraction of sp³-hybridized carbons (Fsp3) is 0.286. The van der Waals surface area contributed by atoms with E-state index in [0.717, 1.165) is 24.3 Å². The van der Waals surface area contributed by atoms with E-state index in [1.807, 2.05) is 19.1 Å². The molecule has 0 unspecified atom stereocenters. The van der Waals surface area contributed by atoms with Gasteiger partial charge in [-0.25, -0.2) is 4.98 Å². The molecule has 144 valence electrons. The second-order valence-corrected chi connectivity index (χ2v) is 7.52. The first-order valence-corrected chi connectivity index (χ1v) is 9.69. The molecular formula is C21H21ClN4O2. The van der Waals surface area contributed by atoms with Gasteiger partial charge in [0.2, 0.25) is 5.91 Å². The highest BCUT2D eigenvalue weighted by Crippen LogP contribution is 2.25. The second-order valence-electron chi connectivity index (χ2n) is 7.08. The molecule has 1 aliphatic rings. The number of amides is 1. The highest BCUT2D eigenvalue weighted by Gasteiger charge is 2.14. The normalized spacial score (nSPS) is 13.9. The summed E-state index contributed by atoms with van der Waals surface area (Å²) in [6.07, 6.45) is 3.82. The van der Waals surface area contributed by atoms with Gasteiger partial charge in [0.15, 0.2) is 0 Å². The Labute approximate surface area is 167 Å². The third-order valence-electron chi connectivity index (χ3n) is 5.06. The average Bonchev–Trinajstić information content (AvgIpc) is 3.20. The summed E-state index contributed by atoms with van der Waals surface area (Å²) in [6, 6.07) is 10.9. The first-order valence-electron chi connectivity index (χ1n) is 9.31. The first-order chi connectivity index (χ1) is 13.5. The number of nitrogens with zero attached hydrogens (tertiary/aromatic N) is 3. The molecule has 7 heteroatoms. The van der Waals surface area contributed by atoms with Crippen molar-refractivity contribution in [2.75, 3.05) is 23.3 Å². The van der Waals surface area contributed by atoms with Crippen molar-refractivity contribution in [2.45, 2.75) is 26.3 Å². The molecule has 0 radical (unpaired) electrons. The third kappa shape index (κ3) is 3.73. The van der Waals surface area contributed by atoms with Gasteiger partial charge < -0.3 is 10.2 Å². The molecule has 1 aromatic heterocycles. The van der Waals surface area contributed by atoms with Crippen molar-refractivity contribution >= 4 is 39.8 Å². The lowest BCUT2D eigenvalue weighted by atomic mass is 10.1. The Balaban J connectivity index is 1.50. The molecule has 2 aromatic carbocycles. The van der Waals surface area contributed by atoms with Crippen molar-refractivity contribution in [1.29, 1.82) is 0 Å². The van der Waals surface area contributed by atoms with E-state index < -0.39 is 0 Å². The molecule has 1 saturated heterocycles. The Hall–Kier alpha value is -2.86. The standard InChI is InChI=1S/C21H21ClN4O2/c1-14-10-16(25-8-2-3-9-25)5-7-18(14)24-20(27)12-26-13-23-19-11-15(22)4-6-17(19)21(26)28/h4-7,10-11,13H,2-3,8-9,12H2,1H3,(H,24,27). The first kappa shape index (κ1) is 18.5. The molecule has 0 bridgehead atoms. The SMILES string of the molecule is Cc1cc(N2CCCC2)ccc1NC(=O)Cn1cnc2cc(Cl)ccc2c1=O. The van der Waals surface area contributed by atoms with E-state index in [9.17, 15) is 9.59 Å². The van der Waals surface area contributed by atoms with Gasteiger partial charge in [0.05, 0.1) is 17.2 Å². The Kier molecular flexibility index (Phi) is 5.05. The van der Waals surface area contributed by atoms with Crippen LogP contribution in [0.4, 0.5) is 11.4 Å². The minimum absolute atomic E-state index is 0.0995. The lowest BCUT2D eigenvalue weighted by Crippen LogP contribution is -2.28. The molecule has 1 aliphatic heterocycles. The van der Waals surface area contributed by atoms with E-state index in [-0.39, 0.29) is 18.0 Å². The summed E-state index contributed by atoms with van der Waals surface area (Å²) in [6.45, 7) is 4.03. The van der Waals surface area contributed by atoms with Gasteiger partial charge >= 0.3 is 0 Å². The lowest BCUT2D eigenvalue weighted by molar-refractivity contribution is -0.116. The van der Waals surface area contributed by atoms with Crippen LogP contribution in [0.1, 0.15) is 18.4 Å². The largest absolute Gasteiger partial charge is 0.372 e. The van der Waals surface area contributed by atoms with Crippen LogP contribution in [-0.2, 0) is 11.3 Å². The molecule has 0 saturated carbocycles. The Bertz CT molecular complexity index is 1100. The van der Waals surface area contributed by atoms with Crippen molar-refractivity contribution in [3.63, 3.8) is 0 Å². The third-order valence-corrected chi connectivity index (χ3v) is 5.29. The van der Waals surface area contributed by atoms with Crippen LogP contribution in [0, 0.1) is 6.92 Å². The van der Waals surface area contributed by atoms with Crippen molar-refractivity contribution in [2.24, 2.45) is 0 Å². The zero-order valence-electron chi connectivity index (χ0n) is 15.6. The lowest BCUT2D eigenvalue weighted by Gasteiger charge is -2.19. The van der Waals surface area contributed by atoms with Gasteiger partial charge in [-0.05, 0) is 61.7 Å². The quantitative estimate of drug-likeness (QED) is 0.731. The number of rotatable bonds is 4. The number of aromatic nitrogens is 2. The van der Waals surface area contributed by atoms with E-state index in [2.05, 4.69) is 21.3 Å². The fourth-order valence-corrected chi connectivity index (χ4v) is 3.72. The summed E-state index contributed by atoms with van der Waals surface area (Å²) in [4.78, 5) is 31.6. The van der Waals surface area contributed by atoms with Crippen molar-refractivity contribution in [1.82, 2.24) is 9.55 Å². The topological polar surface area (TPSA) is 67.2 Å². The number of nitrogens with one attached hydrogen (secondary N) is 1. The molecule has 1 amide bonds. The zero-order chi connectivity index (χ0) is 19.7. The summed E-state index contributed by atoms with van der Waals surface area (Å²) in [5, 5.41) is 3.85. The summed E-state index contributed by atoms with van der Waals surface area (Å²) in [5.74, 6) is -0.269. The van der Waals surface area contributed by atoms with Gasteiger partial charge in [0.1, 0.15) is 6.54 Å². The smallest absolute Gasteiger partial charge is 0.261 e. The predicted molar refractivity (Wildman–Crippen MR) is 112 cm³/mol. The minimum Gasteiger partial charge on any atom is -0.372 e. The van der Waals surface area contributed by atoms with E-state index in [0.29, 0.717) is 15.9 Å². The van der Waals surface area contributed by atoms with Gasteiger partial charge in [-0.2, -0.15) is 0 Å². The van der Waals surface area contributed by atoms with E-state index >= 15 is 0 Å². The zero-order valence-corrected chi connectivity index (χ0v) is 16.4. The highest BCUT2D eigenvalue weighted by molar-refractivity contribution is 6.31. The van der Waals surface area contributed by atoms with Gasteiger partial charge in [-0.1, -0.05) is 11.6 Å². The minimum atomic E-state index is -0.269. The summed E-state index contributed by atoms with van der Waals surface area (Å²) in [7, 11) is 0. The van der Waals surface area contributed by atoms with Gasteiger partial charge in [0, 0.05) is 29.5 Å². The van der Waals surface area contributed by atoms with Gasteiger partial charge in [-0.15, -0.1) is 0 Å². The molecule has 6 nitrogen and oxygen atoms in total. The summed E-state index contributed by atoms with van der Waals surface area (Å²) in [5.41, 5.74) is 3.18. The number of fused-ring (bicyclic) bond motifs is 1. The molecule has 0 atom stereocenters. The summed E-state index contributed by atoms with van der Waals surface area (Å²) < 4.78 is 1.31. The molecule has 0 aliphatic carbocycles. The van der Waals surface area contributed by atoms with Crippen LogP contribution in [0.15, 0.2) is 47.5 Å². The Morgan fingerprint density at radius 2 is 1.96 bits per heavy atom. The van der Waals surface area contributed by atoms with E-state index in [4.69, 9.17) is 11.6 Å². The maximum absolute atomic E-state index is 12.6. The molecular weight excluding hydrogens is 376 g/mol. The number of hydrogen-bond donors (Lipinski definition) is 1. The van der Waals surface area contributed by atoms with Gasteiger partial charge in [0.25, 0.3) is 5.56 Å². The molecule has 3 aromatic rings.